The quantitative estimate of drug-likeness (QED) is 0.874. The Labute approximate surface area is 108 Å². The van der Waals surface area contributed by atoms with Gasteiger partial charge in [0.2, 0.25) is 0 Å². The maximum absolute atomic E-state index is 11.2. The first-order valence-corrected chi connectivity index (χ1v) is 6.43. The summed E-state index contributed by atoms with van der Waals surface area (Å²) >= 11 is 0. The van der Waals surface area contributed by atoms with Crippen molar-refractivity contribution in [1.82, 2.24) is 4.98 Å². The molecule has 1 aromatic heterocycles. The van der Waals surface area contributed by atoms with Crippen LogP contribution in [0.25, 0.3) is 0 Å². The standard InChI is InChI=1S/C14H20N2O2/c1-14(2)6-4-9-16(10-7-14)12-11(13(17)18)5-3-8-15-12/h3,5,8H,4,6-7,9-10H2,1-2H3,(H,17,18). The number of anilines is 1. The molecule has 4 heteroatoms. The van der Waals surface area contributed by atoms with Crippen molar-refractivity contribution in [3.63, 3.8) is 0 Å². The van der Waals surface area contributed by atoms with Crippen LogP contribution in [0.3, 0.4) is 0 Å². The third kappa shape index (κ3) is 2.81. The van der Waals surface area contributed by atoms with Gasteiger partial charge < -0.3 is 10.0 Å². The lowest BCUT2D eigenvalue weighted by molar-refractivity contribution is 0.0697. The van der Waals surface area contributed by atoms with Gasteiger partial charge in [0.15, 0.2) is 0 Å². The highest BCUT2D eigenvalue weighted by Gasteiger charge is 2.25. The molecule has 1 aliphatic rings. The number of aromatic carboxylic acids is 1. The smallest absolute Gasteiger partial charge is 0.339 e. The van der Waals surface area contributed by atoms with Gasteiger partial charge in [0.25, 0.3) is 0 Å². The van der Waals surface area contributed by atoms with E-state index in [1.54, 1.807) is 18.3 Å². The van der Waals surface area contributed by atoms with E-state index in [9.17, 15) is 9.90 Å². The van der Waals surface area contributed by atoms with E-state index in [-0.39, 0.29) is 0 Å². The number of carboxylic acids is 1. The minimum absolute atomic E-state index is 0.303. The largest absolute Gasteiger partial charge is 0.478 e. The van der Waals surface area contributed by atoms with Gasteiger partial charge in [0, 0.05) is 19.3 Å². The van der Waals surface area contributed by atoms with Crippen molar-refractivity contribution in [2.75, 3.05) is 18.0 Å². The van der Waals surface area contributed by atoms with E-state index >= 15 is 0 Å². The summed E-state index contributed by atoms with van der Waals surface area (Å²) in [7, 11) is 0. The van der Waals surface area contributed by atoms with Gasteiger partial charge in [-0.15, -0.1) is 0 Å². The van der Waals surface area contributed by atoms with Gasteiger partial charge >= 0.3 is 5.97 Å². The molecular formula is C14H20N2O2. The molecule has 1 fully saturated rings. The second-order valence-electron chi connectivity index (χ2n) is 5.68. The van der Waals surface area contributed by atoms with Gasteiger partial charge in [0.1, 0.15) is 11.4 Å². The average molecular weight is 248 g/mol. The lowest BCUT2D eigenvalue weighted by Gasteiger charge is -2.24. The van der Waals surface area contributed by atoms with Crippen LogP contribution in [-0.4, -0.2) is 29.1 Å². The summed E-state index contributed by atoms with van der Waals surface area (Å²) in [4.78, 5) is 17.6. The summed E-state index contributed by atoms with van der Waals surface area (Å²) in [6, 6.07) is 3.30. The number of aromatic nitrogens is 1. The van der Waals surface area contributed by atoms with Gasteiger partial charge in [-0.3, -0.25) is 0 Å². The summed E-state index contributed by atoms with van der Waals surface area (Å²) in [6.45, 7) is 6.31. The number of hydrogen-bond acceptors (Lipinski definition) is 3. The average Bonchev–Trinajstić information content (AvgIpc) is 2.50. The number of rotatable bonds is 2. The lowest BCUT2D eigenvalue weighted by Crippen LogP contribution is -2.27. The van der Waals surface area contributed by atoms with Crippen molar-refractivity contribution in [2.24, 2.45) is 5.41 Å². The molecule has 18 heavy (non-hydrogen) atoms. The molecule has 0 saturated carbocycles. The topological polar surface area (TPSA) is 53.4 Å². The number of pyridine rings is 1. The summed E-state index contributed by atoms with van der Waals surface area (Å²) < 4.78 is 0. The number of carboxylic acid groups (broad SMARTS) is 1. The Balaban J connectivity index is 2.24. The van der Waals surface area contributed by atoms with Gasteiger partial charge in [0.05, 0.1) is 0 Å². The Morgan fingerprint density at radius 3 is 2.89 bits per heavy atom. The molecule has 1 saturated heterocycles. The summed E-state index contributed by atoms with van der Waals surface area (Å²) in [5, 5.41) is 9.20. The van der Waals surface area contributed by atoms with Gasteiger partial charge in [-0.05, 0) is 36.8 Å². The van der Waals surface area contributed by atoms with Crippen molar-refractivity contribution in [1.29, 1.82) is 0 Å². The van der Waals surface area contributed by atoms with Crippen LogP contribution in [-0.2, 0) is 0 Å². The molecule has 1 N–H and O–H groups in total. The zero-order valence-electron chi connectivity index (χ0n) is 11.0. The number of hydrogen-bond donors (Lipinski definition) is 1. The first-order chi connectivity index (χ1) is 8.49. The maximum Gasteiger partial charge on any atom is 0.339 e. The van der Waals surface area contributed by atoms with E-state index in [2.05, 4.69) is 23.7 Å². The van der Waals surface area contributed by atoms with Crippen LogP contribution in [0.2, 0.25) is 0 Å². The molecule has 0 radical (unpaired) electrons. The highest BCUT2D eigenvalue weighted by Crippen LogP contribution is 2.31. The molecular weight excluding hydrogens is 228 g/mol. The Hall–Kier alpha value is -1.58. The Morgan fingerprint density at radius 2 is 2.17 bits per heavy atom. The monoisotopic (exact) mass is 248 g/mol. The zero-order valence-corrected chi connectivity index (χ0v) is 11.0. The first-order valence-electron chi connectivity index (χ1n) is 6.43. The van der Waals surface area contributed by atoms with Crippen molar-refractivity contribution >= 4 is 11.8 Å². The second-order valence-corrected chi connectivity index (χ2v) is 5.68. The Morgan fingerprint density at radius 1 is 1.39 bits per heavy atom. The second kappa shape index (κ2) is 4.96. The van der Waals surface area contributed by atoms with Crippen molar-refractivity contribution in [3.8, 4) is 0 Å². The van der Waals surface area contributed by atoms with E-state index < -0.39 is 5.97 Å². The highest BCUT2D eigenvalue weighted by molar-refractivity contribution is 5.93. The van der Waals surface area contributed by atoms with E-state index in [1.165, 1.54) is 6.42 Å². The zero-order chi connectivity index (χ0) is 13.2. The highest BCUT2D eigenvalue weighted by atomic mass is 16.4. The van der Waals surface area contributed by atoms with Crippen molar-refractivity contribution < 1.29 is 9.90 Å². The van der Waals surface area contributed by atoms with E-state index in [0.717, 1.165) is 25.9 Å². The molecule has 98 valence electrons. The lowest BCUT2D eigenvalue weighted by atomic mass is 9.85. The van der Waals surface area contributed by atoms with Crippen LogP contribution in [0.15, 0.2) is 18.3 Å². The molecule has 0 spiro atoms. The minimum atomic E-state index is -0.901. The fourth-order valence-corrected chi connectivity index (χ4v) is 2.45. The van der Waals surface area contributed by atoms with Crippen LogP contribution in [0.1, 0.15) is 43.5 Å². The van der Waals surface area contributed by atoms with Crippen LogP contribution < -0.4 is 4.90 Å². The third-order valence-corrected chi connectivity index (χ3v) is 3.66. The molecule has 2 heterocycles. The third-order valence-electron chi connectivity index (χ3n) is 3.66. The summed E-state index contributed by atoms with van der Waals surface area (Å²) in [5.74, 6) is -0.288. The molecule has 0 aliphatic carbocycles. The normalized spacial score (nSPS) is 19.3. The fourth-order valence-electron chi connectivity index (χ4n) is 2.45. The molecule has 0 amide bonds. The number of carbonyl (C=O) groups is 1. The van der Waals surface area contributed by atoms with E-state index in [1.807, 2.05) is 0 Å². The molecule has 0 bridgehead atoms. The van der Waals surface area contributed by atoms with Crippen molar-refractivity contribution in [3.05, 3.63) is 23.9 Å². The summed E-state index contributed by atoms with van der Waals surface area (Å²) in [5.41, 5.74) is 0.643. The molecule has 0 aromatic carbocycles. The molecule has 1 aliphatic heterocycles. The predicted molar refractivity (Wildman–Crippen MR) is 71.0 cm³/mol. The molecule has 4 nitrogen and oxygen atoms in total. The van der Waals surface area contributed by atoms with Gasteiger partial charge in [-0.25, -0.2) is 9.78 Å². The maximum atomic E-state index is 11.2. The Bertz CT molecular complexity index is 443. The van der Waals surface area contributed by atoms with Crippen LogP contribution in [0, 0.1) is 5.41 Å². The SMILES string of the molecule is CC1(C)CCCN(c2ncccc2C(=O)O)CC1. The van der Waals surface area contributed by atoms with Gasteiger partial charge in [-0.1, -0.05) is 13.8 Å². The minimum Gasteiger partial charge on any atom is -0.478 e. The molecule has 2 rings (SSSR count). The first kappa shape index (κ1) is 12.9. The van der Waals surface area contributed by atoms with Crippen molar-refractivity contribution in [2.45, 2.75) is 33.1 Å². The van der Waals surface area contributed by atoms with Gasteiger partial charge in [-0.2, -0.15) is 0 Å². The van der Waals surface area contributed by atoms with E-state index in [0.29, 0.717) is 16.8 Å². The summed E-state index contributed by atoms with van der Waals surface area (Å²) in [6.07, 6.45) is 5.00. The number of nitrogens with zero attached hydrogens (tertiary/aromatic N) is 2. The molecule has 1 aromatic rings. The van der Waals surface area contributed by atoms with Crippen LogP contribution >= 0.6 is 0 Å². The van der Waals surface area contributed by atoms with Crippen LogP contribution in [0.4, 0.5) is 5.82 Å². The van der Waals surface area contributed by atoms with Crippen LogP contribution in [0.5, 0.6) is 0 Å². The fraction of sp³-hybridized carbons (Fsp3) is 0.571. The molecule has 0 atom stereocenters. The molecule has 0 unspecified atom stereocenters. The van der Waals surface area contributed by atoms with E-state index in [4.69, 9.17) is 0 Å². The Kier molecular flexibility index (Phi) is 3.55. The predicted octanol–water partition coefficient (Wildman–Crippen LogP) is 2.80.